The van der Waals surface area contributed by atoms with Crippen LogP contribution in [0.4, 0.5) is 4.39 Å². The van der Waals surface area contributed by atoms with Crippen molar-refractivity contribution in [3.05, 3.63) is 77.1 Å². The largest absolute Gasteiger partial charge is 0.481 e. The van der Waals surface area contributed by atoms with Gasteiger partial charge < -0.3 is 15.3 Å². The van der Waals surface area contributed by atoms with Gasteiger partial charge in [-0.3, -0.25) is 4.79 Å². The van der Waals surface area contributed by atoms with Gasteiger partial charge in [0.2, 0.25) is 0 Å². The number of hydrogen-bond acceptors (Lipinski definition) is 3. The molecule has 2 aromatic carbocycles. The van der Waals surface area contributed by atoms with Crippen LogP contribution in [0.2, 0.25) is 0 Å². The second kappa shape index (κ2) is 10.00. The fourth-order valence-corrected chi connectivity index (χ4v) is 2.76. The van der Waals surface area contributed by atoms with E-state index in [1.807, 2.05) is 24.3 Å². The molecule has 0 spiro atoms. The van der Waals surface area contributed by atoms with Crippen LogP contribution >= 0.6 is 0 Å². The molecule has 0 bridgehead atoms. The van der Waals surface area contributed by atoms with E-state index in [-0.39, 0.29) is 12.2 Å². The summed E-state index contributed by atoms with van der Waals surface area (Å²) < 4.78 is 13.0. The Kier molecular flexibility index (Phi) is 7.70. The molecule has 144 valence electrons. The van der Waals surface area contributed by atoms with Crippen molar-refractivity contribution >= 4 is 12.0 Å². The Morgan fingerprint density at radius 1 is 1.07 bits per heavy atom. The average molecular weight is 372 g/mol. The molecular formula is C22H25FO4. The number of carboxylic acids is 1. The predicted molar refractivity (Wildman–Crippen MR) is 103 cm³/mol. The number of aliphatic carboxylic acids is 1. The van der Waals surface area contributed by atoms with Crippen LogP contribution in [0.3, 0.4) is 0 Å². The predicted octanol–water partition coefficient (Wildman–Crippen LogP) is 3.46. The van der Waals surface area contributed by atoms with E-state index in [1.54, 1.807) is 24.3 Å². The zero-order valence-electron chi connectivity index (χ0n) is 15.3. The van der Waals surface area contributed by atoms with E-state index in [2.05, 4.69) is 0 Å². The van der Waals surface area contributed by atoms with Crippen LogP contribution in [0, 0.1) is 11.7 Å². The number of carbonyl (C=O) groups is 1. The van der Waals surface area contributed by atoms with Crippen LogP contribution in [0.5, 0.6) is 0 Å². The number of aliphatic hydroxyl groups excluding tert-OH is 2. The minimum absolute atomic E-state index is 0.0400. The van der Waals surface area contributed by atoms with E-state index < -0.39 is 24.1 Å². The topological polar surface area (TPSA) is 77.8 Å². The Hall–Kier alpha value is -2.50. The first-order chi connectivity index (χ1) is 12.9. The lowest BCUT2D eigenvalue weighted by atomic mass is 9.97. The Bertz CT molecular complexity index is 770. The van der Waals surface area contributed by atoms with Gasteiger partial charge in [0.25, 0.3) is 0 Å². The summed E-state index contributed by atoms with van der Waals surface area (Å²) in [4.78, 5) is 10.9. The van der Waals surface area contributed by atoms with Crippen molar-refractivity contribution in [1.82, 2.24) is 0 Å². The van der Waals surface area contributed by atoms with Gasteiger partial charge in [-0.15, -0.1) is 0 Å². The van der Waals surface area contributed by atoms with Crippen molar-refractivity contribution in [2.24, 2.45) is 5.92 Å². The van der Waals surface area contributed by atoms with Crippen molar-refractivity contribution in [1.29, 1.82) is 0 Å². The van der Waals surface area contributed by atoms with E-state index in [1.165, 1.54) is 19.1 Å². The maximum atomic E-state index is 13.0. The Labute approximate surface area is 158 Å². The third-order valence-corrected chi connectivity index (χ3v) is 4.60. The molecule has 2 rings (SSSR count). The molecule has 2 aromatic rings. The molecule has 0 aliphatic rings. The Morgan fingerprint density at radius 3 is 2.41 bits per heavy atom. The van der Waals surface area contributed by atoms with E-state index >= 15 is 0 Å². The third kappa shape index (κ3) is 6.62. The van der Waals surface area contributed by atoms with Crippen molar-refractivity contribution in [3.63, 3.8) is 0 Å². The highest BCUT2D eigenvalue weighted by molar-refractivity contribution is 5.70. The first kappa shape index (κ1) is 20.8. The fraction of sp³-hybridized carbons (Fsp3) is 0.318. The Morgan fingerprint density at radius 2 is 1.74 bits per heavy atom. The number of carboxylic acid groups (broad SMARTS) is 1. The highest BCUT2D eigenvalue weighted by Gasteiger charge is 2.22. The summed E-state index contributed by atoms with van der Waals surface area (Å²) in [7, 11) is 0. The van der Waals surface area contributed by atoms with E-state index in [0.29, 0.717) is 0 Å². The third-order valence-electron chi connectivity index (χ3n) is 4.60. The van der Waals surface area contributed by atoms with Gasteiger partial charge in [0.15, 0.2) is 0 Å². The smallest absolute Gasteiger partial charge is 0.308 e. The summed E-state index contributed by atoms with van der Waals surface area (Å²) in [6.45, 7) is 1.41. The van der Waals surface area contributed by atoms with E-state index in [0.717, 1.165) is 29.5 Å². The number of aliphatic hydroxyl groups is 2. The highest BCUT2D eigenvalue weighted by Crippen LogP contribution is 2.16. The van der Waals surface area contributed by atoms with Gasteiger partial charge in [-0.2, -0.15) is 0 Å². The standard InChI is InChI=1S/C22H25FO4/c1-15(22(26)27)21(25)14-20(24)13-10-18-5-3-2-4-17(18)9-6-16-7-11-19(23)12-8-16/h2-5,7-8,10-13,15,20-21,24-25H,6,9,14H2,1H3,(H,26,27)/b13-10+/t15?,20-,21-/m1/s1. The zero-order valence-corrected chi connectivity index (χ0v) is 15.3. The van der Waals surface area contributed by atoms with Crippen LogP contribution in [-0.2, 0) is 17.6 Å². The SMILES string of the molecule is CC(C(=O)O)[C@H](O)C[C@H](O)/C=C/c1ccccc1CCc1ccc(F)cc1. The lowest BCUT2D eigenvalue weighted by Crippen LogP contribution is -2.28. The van der Waals surface area contributed by atoms with Crippen LogP contribution in [0.25, 0.3) is 6.08 Å². The zero-order chi connectivity index (χ0) is 19.8. The highest BCUT2D eigenvalue weighted by atomic mass is 19.1. The summed E-state index contributed by atoms with van der Waals surface area (Å²) in [5.74, 6) is -2.28. The quantitative estimate of drug-likeness (QED) is 0.630. The summed E-state index contributed by atoms with van der Waals surface area (Å²) >= 11 is 0. The number of hydrogen-bond donors (Lipinski definition) is 3. The van der Waals surface area contributed by atoms with E-state index in [9.17, 15) is 19.4 Å². The molecule has 0 aliphatic carbocycles. The summed E-state index contributed by atoms with van der Waals surface area (Å²) in [5, 5.41) is 28.8. The van der Waals surface area contributed by atoms with Gasteiger partial charge in [0.1, 0.15) is 5.82 Å². The monoisotopic (exact) mass is 372 g/mol. The molecule has 4 nitrogen and oxygen atoms in total. The number of aryl methyl sites for hydroxylation is 2. The summed E-state index contributed by atoms with van der Waals surface area (Å²) in [5.41, 5.74) is 3.07. The summed E-state index contributed by atoms with van der Waals surface area (Å²) in [6.07, 6.45) is 2.78. The van der Waals surface area contributed by atoms with Crippen LogP contribution in [-0.4, -0.2) is 33.5 Å². The minimum atomic E-state index is -1.11. The molecule has 0 fully saturated rings. The van der Waals surface area contributed by atoms with E-state index in [4.69, 9.17) is 5.11 Å². The molecule has 5 heteroatoms. The number of benzene rings is 2. The average Bonchev–Trinajstić information content (AvgIpc) is 2.65. The molecule has 27 heavy (non-hydrogen) atoms. The minimum Gasteiger partial charge on any atom is -0.481 e. The van der Waals surface area contributed by atoms with Gasteiger partial charge in [0, 0.05) is 6.42 Å². The maximum Gasteiger partial charge on any atom is 0.308 e. The molecule has 0 heterocycles. The van der Waals surface area contributed by atoms with Crippen LogP contribution in [0.15, 0.2) is 54.6 Å². The van der Waals surface area contributed by atoms with Crippen molar-refractivity contribution in [2.75, 3.05) is 0 Å². The first-order valence-corrected chi connectivity index (χ1v) is 8.96. The second-order valence-corrected chi connectivity index (χ2v) is 6.68. The second-order valence-electron chi connectivity index (χ2n) is 6.68. The van der Waals surface area contributed by atoms with Gasteiger partial charge in [-0.05, 0) is 48.6 Å². The molecular weight excluding hydrogens is 347 g/mol. The fourth-order valence-electron chi connectivity index (χ4n) is 2.76. The maximum absolute atomic E-state index is 13.0. The van der Waals surface area contributed by atoms with Gasteiger partial charge >= 0.3 is 5.97 Å². The molecule has 0 amide bonds. The Balaban J connectivity index is 1.98. The molecule has 0 radical (unpaired) electrons. The van der Waals surface area contributed by atoms with Crippen molar-refractivity contribution in [2.45, 2.75) is 38.4 Å². The van der Waals surface area contributed by atoms with Crippen LogP contribution in [0.1, 0.15) is 30.0 Å². The van der Waals surface area contributed by atoms with Gasteiger partial charge in [0.05, 0.1) is 18.1 Å². The molecule has 0 saturated heterocycles. The molecule has 0 aromatic heterocycles. The number of rotatable bonds is 9. The molecule has 0 saturated carbocycles. The molecule has 0 aliphatic heterocycles. The normalized spacial score (nSPS) is 14.8. The molecule has 1 unspecified atom stereocenters. The molecule has 3 N–H and O–H groups in total. The lowest BCUT2D eigenvalue weighted by Gasteiger charge is -2.16. The number of halogens is 1. The van der Waals surface area contributed by atoms with Gasteiger partial charge in [-0.1, -0.05) is 48.6 Å². The lowest BCUT2D eigenvalue weighted by molar-refractivity contribution is -0.145. The summed E-state index contributed by atoms with van der Waals surface area (Å²) in [6, 6.07) is 14.2. The molecule has 3 atom stereocenters. The first-order valence-electron chi connectivity index (χ1n) is 8.96. The van der Waals surface area contributed by atoms with Gasteiger partial charge in [-0.25, -0.2) is 4.39 Å². The van der Waals surface area contributed by atoms with Crippen LogP contribution < -0.4 is 0 Å². The van der Waals surface area contributed by atoms with Crippen molar-refractivity contribution in [3.8, 4) is 0 Å². The van der Waals surface area contributed by atoms with Crippen molar-refractivity contribution < 1.29 is 24.5 Å².